The third-order valence-corrected chi connectivity index (χ3v) is 3.16. The lowest BCUT2D eigenvalue weighted by Crippen LogP contribution is -2.27. The summed E-state index contributed by atoms with van der Waals surface area (Å²) in [6.07, 6.45) is 1.46. The van der Waals surface area contributed by atoms with Gasteiger partial charge in [-0.3, -0.25) is 9.59 Å². The van der Waals surface area contributed by atoms with Crippen molar-refractivity contribution in [2.24, 2.45) is 0 Å². The number of halogens is 1. The van der Waals surface area contributed by atoms with Crippen LogP contribution in [-0.2, 0) is 11.3 Å². The Morgan fingerprint density at radius 2 is 2.10 bits per heavy atom. The first-order chi connectivity index (χ1) is 9.47. The third kappa shape index (κ3) is 3.19. The Bertz CT molecular complexity index is 710. The van der Waals surface area contributed by atoms with Gasteiger partial charge in [-0.2, -0.15) is 0 Å². The summed E-state index contributed by atoms with van der Waals surface area (Å²) in [5.41, 5.74) is 7.12. The van der Waals surface area contributed by atoms with Crippen molar-refractivity contribution in [1.82, 2.24) is 4.57 Å². The van der Waals surface area contributed by atoms with Crippen molar-refractivity contribution in [1.29, 1.82) is 0 Å². The monoisotopic (exact) mass is 291 g/mol. The van der Waals surface area contributed by atoms with E-state index in [1.54, 1.807) is 31.2 Å². The molecule has 1 aromatic carbocycles. The average Bonchev–Trinajstić information content (AvgIpc) is 2.39. The highest BCUT2D eigenvalue weighted by Gasteiger charge is 2.08. The van der Waals surface area contributed by atoms with E-state index in [9.17, 15) is 9.59 Å². The van der Waals surface area contributed by atoms with Gasteiger partial charge in [-0.05, 0) is 24.6 Å². The minimum Gasteiger partial charge on any atom is -0.397 e. The van der Waals surface area contributed by atoms with E-state index in [2.05, 4.69) is 5.32 Å². The maximum Gasteiger partial charge on any atom is 0.251 e. The number of nitrogens with two attached hydrogens (primary N) is 1. The van der Waals surface area contributed by atoms with Crippen LogP contribution in [0, 0.1) is 6.92 Å². The fourth-order valence-corrected chi connectivity index (χ4v) is 1.90. The van der Waals surface area contributed by atoms with E-state index >= 15 is 0 Å². The number of anilines is 2. The van der Waals surface area contributed by atoms with Crippen molar-refractivity contribution in [3.63, 3.8) is 0 Å². The lowest BCUT2D eigenvalue weighted by atomic mass is 10.2. The summed E-state index contributed by atoms with van der Waals surface area (Å²) in [4.78, 5) is 23.7. The highest BCUT2D eigenvalue weighted by atomic mass is 35.5. The van der Waals surface area contributed by atoms with Crippen LogP contribution in [-0.4, -0.2) is 10.5 Å². The first-order valence-corrected chi connectivity index (χ1v) is 6.36. The summed E-state index contributed by atoms with van der Waals surface area (Å²) in [6, 6.07) is 8.29. The standard InChI is InChI=1S/C14H14ClN3O2/c1-9-6-14(20)18(7-11(9)16)8-13(19)17-12-5-3-2-4-10(12)15/h2-7H,8,16H2,1H3,(H,17,19). The summed E-state index contributed by atoms with van der Waals surface area (Å²) in [6.45, 7) is 1.62. The molecule has 5 nitrogen and oxygen atoms in total. The van der Waals surface area contributed by atoms with Gasteiger partial charge in [-0.1, -0.05) is 23.7 Å². The third-order valence-electron chi connectivity index (χ3n) is 2.84. The number of carbonyl (C=O) groups excluding carboxylic acids is 1. The predicted molar refractivity (Wildman–Crippen MR) is 79.9 cm³/mol. The highest BCUT2D eigenvalue weighted by molar-refractivity contribution is 6.33. The summed E-state index contributed by atoms with van der Waals surface area (Å²) >= 11 is 5.95. The minimum atomic E-state index is -0.344. The second kappa shape index (κ2) is 5.79. The molecule has 0 spiro atoms. The molecule has 2 aromatic rings. The van der Waals surface area contributed by atoms with Crippen LogP contribution in [0.4, 0.5) is 11.4 Å². The molecule has 0 saturated carbocycles. The molecule has 6 heteroatoms. The van der Waals surface area contributed by atoms with Crippen molar-refractivity contribution >= 4 is 28.9 Å². The number of aryl methyl sites for hydroxylation is 1. The van der Waals surface area contributed by atoms with Gasteiger partial charge in [0.25, 0.3) is 5.56 Å². The van der Waals surface area contributed by atoms with E-state index in [1.807, 2.05) is 0 Å². The van der Waals surface area contributed by atoms with E-state index in [-0.39, 0.29) is 18.0 Å². The lowest BCUT2D eigenvalue weighted by molar-refractivity contribution is -0.116. The van der Waals surface area contributed by atoms with Gasteiger partial charge in [0, 0.05) is 12.3 Å². The predicted octanol–water partition coefficient (Wildman–Crippen LogP) is 2.03. The molecule has 0 atom stereocenters. The number of amides is 1. The van der Waals surface area contributed by atoms with Crippen LogP contribution in [0.5, 0.6) is 0 Å². The largest absolute Gasteiger partial charge is 0.397 e. The fraction of sp³-hybridized carbons (Fsp3) is 0.143. The summed E-state index contributed by atoms with van der Waals surface area (Å²) in [5.74, 6) is -0.344. The Labute approximate surface area is 121 Å². The molecule has 0 unspecified atom stereocenters. The first kappa shape index (κ1) is 14.1. The molecular weight excluding hydrogens is 278 g/mol. The molecule has 1 heterocycles. The molecule has 0 bridgehead atoms. The average molecular weight is 292 g/mol. The SMILES string of the molecule is Cc1cc(=O)n(CC(=O)Nc2ccccc2Cl)cc1N. The van der Waals surface area contributed by atoms with E-state index in [1.165, 1.54) is 16.8 Å². The molecule has 0 aliphatic rings. The van der Waals surface area contributed by atoms with Gasteiger partial charge in [0.15, 0.2) is 0 Å². The summed E-state index contributed by atoms with van der Waals surface area (Å²) < 4.78 is 1.26. The molecule has 0 aliphatic carbocycles. The Hall–Kier alpha value is -2.27. The van der Waals surface area contributed by atoms with Crippen LogP contribution < -0.4 is 16.6 Å². The van der Waals surface area contributed by atoms with Crippen molar-refractivity contribution in [2.75, 3.05) is 11.1 Å². The zero-order valence-electron chi connectivity index (χ0n) is 10.9. The number of hydrogen-bond donors (Lipinski definition) is 2. The maximum atomic E-state index is 11.9. The molecule has 104 valence electrons. The number of hydrogen-bond acceptors (Lipinski definition) is 3. The van der Waals surface area contributed by atoms with Gasteiger partial charge in [0.2, 0.25) is 5.91 Å². The lowest BCUT2D eigenvalue weighted by Gasteiger charge is -2.10. The zero-order valence-corrected chi connectivity index (χ0v) is 11.6. The second-order valence-electron chi connectivity index (χ2n) is 4.41. The van der Waals surface area contributed by atoms with Crippen LogP contribution in [0.1, 0.15) is 5.56 Å². The molecule has 0 fully saturated rings. The molecule has 20 heavy (non-hydrogen) atoms. The van der Waals surface area contributed by atoms with Crippen molar-refractivity contribution in [3.05, 3.63) is 57.5 Å². The van der Waals surface area contributed by atoms with Crippen LogP contribution in [0.3, 0.4) is 0 Å². The molecule has 0 aliphatic heterocycles. The summed E-state index contributed by atoms with van der Waals surface area (Å²) in [7, 11) is 0. The van der Waals surface area contributed by atoms with Gasteiger partial charge >= 0.3 is 0 Å². The molecule has 0 saturated heterocycles. The van der Waals surface area contributed by atoms with Gasteiger partial charge in [-0.25, -0.2) is 0 Å². The van der Waals surface area contributed by atoms with Gasteiger partial charge in [-0.15, -0.1) is 0 Å². The highest BCUT2D eigenvalue weighted by Crippen LogP contribution is 2.20. The van der Waals surface area contributed by atoms with Crippen molar-refractivity contribution in [3.8, 4) is 0 Å². The molecule has 1 aromatic heterocycles. The molecule has 0 radical (unpaired) electrons. The van der Waals surface area contributed by atoms with Crippen LogP contribution >= 0.6 is 11.6 Å². The summed E-state index contributed by atoms with van der Waals surface area (Å²) in [5, 5.41) is 3.09. The zero-order chi connectivity index (χ0) is 14.7. The number of pyridine rings is 1. The first-order valence-electron chi connectivity index (χ1n) is 5.98. The fourth-order valence-electron chi connectivity index (χ4n) is 1.72. The van der Waals surface area contributed by atoms with E-state index in [0.717, 1.165) is 0 Å². The smallest absolute Gasteiger partial charge is 0.251 e. The maximum absolute atomic E-state index is 11.9. The molecule has 3 N–H and O–H groups in total. The Morgan fingerprint density at radius 3 is 2.80 bits per heavy atom. The van der Waals surface area contributed by atoms with E-state index in [4.69, 9.17) is 17.3 Å². The molecule has 1 amide bonds. The second-order valence-corrected chi connectivity index (χ2v) is 4.81. The Kier molecular flexibility index (Phi) is 4.10. The van der Waals surface area contributed by atoms with Crippen molar-refractivity contribution in [2.45, 2.75) is 13.5 Å². The van der Waals surface area contributed by atoms with E-state index < -0.39 is 0 Å². The Balaban J connectivity index is 2.15. The number of nitrogen functional groups attached to an aromatic ring is 1. The van der Waals surface area contributed by atoms with Gasteiger partial charge in [0.1, 0.15) is 6.54 Å². The Morgan fingerprint density at radius 1 is 1.40 bits per heavy atom. The number of carbonyl (C=O) groups is 1. The number of nitrogens with one attached hydrogen (secondary N) is 1. The normalized spacial score (nSPS) is 10.3. The van der Waals surface area contributed by atoms with Crippen molar-refractivity contribution < 1.29 is 4.79 Å². The topological polar surface area (TPSA) is 77.1 Å². The van der Waals surface area contributed by atoms with Crippen LogP contribution in [0.15, 0.2) is 41.3 Å². The number of aromatic nitrogens is 1. The molecule has 2 rings (SSSR count). The van der Waals surface area contributed by atoms with E-state index in [0.29, 0.717) is 22.0 Å². The van der Waals surface area contributed by atoms with Gasteiger partial charge < -0.3 is 15.6 Å². The van der Waals surface area contributed by atoms with Crippen LogP contribution in [0.2, 0.25) is 5.02 Å². The molecular formula is C14H14ClN3O2. The van der Waals surface area contributed by atoms with Gasteiger partial charge in [0.05, 0.1) is 16.4 Å². The van der Waals surface area contributed by atoms with Crippen LogP contribution in [0.25, 0.3) is 0 Å². The number of para-hydroxylation sites is 1. The quantitative estimate of drug-likeness (QED) is 0.908. The number of rotatable bonds is 3. The number of nitrogens with zero attached hydrogens (tertiary/aromatic N) is 1. The minimum absolute atomic E-state index is 0.117. The number of benzene rings is 1.